The van der Waals surface area contributed by atoms with Gasteiger partial charge in [0, 0.05) is 10.0 Å². The Morgan fingerprint density at radius 1 is 1.00 bits per heavy atom. The van der Waals surface area contributed by atoms with Gasteiger partial charge < -0.3 is 5.11 Å². The Kier molecular flexibility index (Phi) is 7.09. The van der Waals surface area contributed by atoms with Crippen molar-refractivity contribution in [3.63, 3.8) is 0 Å². The summed E-state index contributed by atoms with van der Waals surface area (Å²) >= 11 is 2.98. The molecule has 160 valence electrons. The molecule has 0 saturated heterocycles. The quantitative estimate of drug-likeness (QED) is 0.254. The van der Waals surface area contributed by atoms with Crippen LogP contribution in [0, 0.1) is 0 Å². The second kappa shape index (κ2) is 9.76. The number of benzene rings is 3. The summed E-state index contributed by atoms with van der Waals surface area (Å²) in [5.41, 5.74) is -0.530. The Morgan fingerprint density at radius 3 is 2.23 bits per heavy atom. The molecule has 0 radical (unpaired) electrons. The van der Waals surface area contributed by atoms with Crippen LogP contribution in [-0.2, 0) is 11.0 Å². The minimum atomic E-state index is -4.69. The number of alkyl halides is 3. The largest absolute Gasteiger partial charge is 0.437 e. The number of nitrogens with zero attached hydrogens (tertiary/aromatic N) is 1. The van der Waals surface area contributed by atoms with Crippen LogP contribution in [0.1, 0.15) is 22.8 Å². The molecule has 0 aliphatic heterocycles. The maximum atomic E-state index is 13.2. The lowest BCUT2D eigenvalue weighted by Gasteiger charge is -2.15. The summed E-state index contributed by atoms with van der Waals surface area (Å²) in [4.78, 5) is 17.0. The number of aliphatic hydroxyl groups is 1. The highest BCUT2D eigenvalue weighted by Gasteiger charge is 2.34. The Labute approximate surface area is 184 Å². The third-order valence-electron chi connectivity index (χ3n) is 4.19. The second-order valence-corrected chi connectivity index (χ2v) is 7.26. The normalized spacial score (nSPS) is 12.9. The molecule has 1 atom stereocenters. The van der Waals surface area contributed by atoms with E-state index in [0.717, 1.165) is 12.1 Å². The van der Waals surface area contributed by atoms with Gasteiger partial charge in [0.2, 0.25) is 0 Å². The van der Waals surface area contributed by atoms with Crippen LogP contribution in [0.4, 0.5) is 23.7 Å². The molecule has 1 unspecified atom stereocenters. The van der Waals surface area contributed by atoms with E-state index in [-0.39, 0.29) is 10.2 Å². The van der Waals surface area contributed by atoms with Crippen molar-refractivity contribution in [3.05, 3.63) is 100 Å². The maximum absolute atomic E-state index is 13.2. The molecule has 3 aromatic carbocycles. The number of halogens is 4. The highest BCUT2D eigenvalue weighted by atomic mass is 79.9. The Hall–Kier alpha value is -3.17. The molecule has 2 N–H and O–H groups in total. The zero-order chi connectivity index (χ0) is 22.4. The molecular formula is C22H16BrF3N2O3. The molecule has 0 saturated carbocycles. The number of hydrogen-bond donors (Lipinski definition) is 2. The number of carbonyl (C=O) groups is 1. The SMILES string of the molecule is O=C(Nc1ccc(Br)cc1C(F)(F)F)ON=C(c1ccccc1)C(O)c1ccccc1. The third-order valence-corrected chi connectivity index (χ3v) is 4.69. The Morgan fingerprint density at radius 2 is 1.61 bits per heavy atom. The number of rotatable bonds is 5. The first-order valence-electron chi connectivity index (χ1n) is 8.97. The van der Waals surface area contributed by atoms with E-state index in [9.17, 15) is 23.1 Å². The number of aliphatic hydroxyl groups excluding tert-OH is 1. The Balaban J connectivity index is 1.85. The van der Waals surface area contributed by atoms with E-state index in [0.29, 0.717) is 11.1 Å². The standard InChI is InChI=1S/C22H16BrF3N2O3/c23-16-11-12-18(17(13-16)22(24,25)26)27-21(30)31-28-19(14-7-3-1-4-8-14)20(29)15-9-5-2-6-10-15/h1-13,20,29H,(H,27,30). The highest BCUT2D eigenvalue weighted by molar-refractivity contribution is 9.10. The fourth-order valence-electron chi connectivity index (χ4n) is 2.75. The van der Waals surface area contributed by atoms with Crippen LogP contribution in [0.15, 0.2) is 88.5 Å². The first kappa shape index (κ1) is 22.5. The molecule has 0 aliphatic carbocycles. The molecule has 0 heterocycles. The number of oxime groups is 1. The van der Waals surface area contributed by atoms with Gasteiger partial charge >= 0.3 is 12.3 Å². The first-order valence-corrected chi connectivity index (χ1v) is 9.76. The smallest absolute Gasteiger partial charge is 0.382 e. The van der Waals surface area contributed by atoms with Gasteiger partial charge in [-0.05, 0) is 23.8 Å². The molecule has 0 aliphatic rings. The molecule has 3 aromatic rings. The van der Waals surface area contributed by atoms with Gasteiger partial charge in [-0.1, -0.05) is 81.7 Å². The van der Waals surface area contributed by atoms with E-state index in [2.05, 4.69) is 21.1 Å². The molecule has 3 rings (SSSR count). The summed E-state index contributed by atoms with van der Waals surface area (Å²) in [5, 5.41) is 16.5. The maximum Gasteiger partial charge on any atom is 0.437 e. The average molecular weight is 493 g/mol. The lowest BCUT2D eigenvalue weighted by atomic mass is 9.99. The number of hydrogen-bond acceptors (Lipinski definition) is 4. The number of carbonyl (C=O) groups excluding carboxylic acids is 1. The molecule has 9 heteroatoms. The van der Waals surface area contributed by atoms with Crippen LogP contribution in [0.2, 0.25) is 0 Å². The van der Waals surface area contributed by atoms with Crippen LogP contribution in [0.25, 0.3) is 0 Å². The van der Waals surface area contributed by atoms with Gasteiger partial charge in [0.1, 0.15) is 11.8 Å². The van der Waals surface area contributed by atoms with Crippen molar-refractivity contribution in [1.29, 1.82) is 0 Å². The first-order chi connectivity index (χ1) is 14.8. The van der Waals surface area contributed by atoms with E-state index < -0.39 is 29.6 Å². The minimum Gasteiger partial charge on any atom is -0.382 e. The minimum absolute atomic E-state index is 0.0220. The van der Waals surface area contributed by atoms with Crippen LogP contribution in [0.5, 0.6) is 0 Å². The van der Waals surface area contributed by atoms with Gasteiger partial charge in [-0.3, -0.25) is 10.2 Å². The van der Waals surface area contributed by atoms with Crippen molar-refractivity contribution in [2.24, 2.45) is 5.16 Å². The zero-order valence-corrected chi connectivity index (χ0v) is 17.4. The summed E-state index contributed by atoms with van der Waals surface area (Å²) < 4.78 is 39.9. The van der Waals surface area contributed by atoms with Crippen molar-refractivity contribution < 1.29 is 27.9 Å². The lowest BCUT2D eigenvalue weighted by Crippen LogP contribution is -2.19. The topological polar surface area (TPSA) is 70.9 Å². The molecule has 0 bridgehead atoms. The molecule has 1 amide bonds. The van der Waals surface area contributed by atoms with Crippen molar-refractivity contribution in [2.45, 2.75) is 12.3 Å². The number of nitrogens with one attached hydrogen (secondary N) is 1. The van der Waals surface area contributed by atoms with Crippen molar-refractivity contribution in [3.8, 4) is 0 Å². The third kappa shape index (κ3) is 5.93. The molecule has 0 fully saturated rings. The summed E-state index contributed by atoms with van der Waals surface area (Å²) in [6.45, 7) is 0. The van der Waals surface area contributed by atoms with Gasteiger partial charge in [0.05, 0.1) is 11.3 Å². The predicted octanol–water partition coefficient (Wildman–Crippen LogP) is 6.15. The Bertz CT molecular complexity index is 1070. The van der Waals surface area contributed by atoms with Gasteiger partial charge in [-0.25, -0.2) is 4.79 Å². The van der Waals surface area contributed by atoms with E-state index in [4.69, 9.17) is 4.84 Å². The van der Waals surface area contributed by atoms with E-state index in [1.54, 1.807) is 60.7 Å². The van der Waals surface area contributed by atoms with Crippen LogP contribution >= 0.6 is 15.9 Å². The second-order valence-electron chi connectivity index (χ2n) is 6.35. The van der Waals surface area contributed by atoms with Crippen molar-refractivity contribution in [2.75, 3.05) is 5.32 Å². The predicted molar refractivity (Wildman–Crippen MR) is 114 cm³/mol. The molecule has 0 aromatic heterocycles. The average Bonchev–Trinajstić information content (AvgIpc) is 2.75. The molecular weight excluding hydrogens is 477 g/mol. The van der Waals surface area contributed by atoms with Crippen LogP contribution < -0.4 is 5.32 Å². The molecule has 0 spiro atoms. The zero-order valence-electron chi connectivity index (χ0n) is 15.8. The summed E-state index contributed by atoms with van der Waals surface area (Å²) in [5.74, 6) is 0. The monoisotopic (exact) mass is 492 g/mol. The van der Waals surface area contributed by atoms with E-state index in [1.807, 2.05) is 5.32 Å². The molecule has 31 heavy (non-hydrogen) atoms. The van der Waals surface area contributed by atoms with Crippen LogP contribution in [-0.4, -0.2) is 16.9 Å². The van der Waals surface area contributed by atoms with Gasteiger partial charge in [0.25, 0.3) is 0 Å². The summed E-state index contributed by atoms with van der Waals surface area (Å²) in [7, 11) is 0. The van der Waals surface area contributed by atoms with Crippen molar-refractivity contribution in [1.82, 2.24) is 0 Å². The van der Waals surface area contributed by atoms with Gasteiger partial charge in [-0.2, -0.15) is 13.2 Å². The summed E-state index contributed by atoms with van der Waals surface area (Å²) in [6.07, 6.45) is -7.15. The van der Waals surface area contributed by atoms with E-state index >= 15 is 0 Å². The number of amides is 1. The van der Waals surface area contributed by atoms with E-state index in [1.165, 1.54) is 6.07 Å². The fourth-order valence-corrected chi connectivity index (χ4v) is 3.11. The highest BCUT2D eigenvalue weighted by Crippen LogP contribution is 2.36. The van der Waals surface area contributed by atoms with Crippen LogP contribution in [0.3, 0.4) is 0 Å². The lowest BCUT2D eigenvalue weighted by molar-refractivity contribution is -0.137. The van der Waals surface area contributed by atoms with Gasteiger partial charge in [0.15, 0.2) is 0 Å². The van der Waals surface area contributed by atoms with Gasteiger partial charge in [-0.15, -0.1) is 0 Å². The fraction of sp³-hybridized carbons (Fsp3) is 0.0909. The summed E-state index contributed by atoms with van der Waals surface area (Å²) in [6, 6.07) is 20.3. The number of anilines is 1. The van der Waals surface area contributed by atoms with Crippen molar-refractivity contribution >= 4 is 33.4 Å². The molecule has 5 nitrogen and oxygen atoms in total.